The Hall–Kier alpha value is -1.32. The van der Waals surface area contributed by atoms with Crippen LogP contribution in [0.1, 0.15) is 66.7 Å². The Labute approximate surface area is 138 Å². The average molecular weight is 320 g/mol. The van der Waals surface area contributed by atoms with Crippen LogP contribution in [0.4, 0.5) is 0 Å². The fourth-order valence-corrected chi connectivity index (χ4v) is 4.43. The lowest BCUT2D eigenvalue weighted by Crippen LogP contribution is -2.49. The van der Waals surface area contributed by atoms with Crippen molar-refractivity contribution in [3.63, 3.8) is 0 Å². The maximum atomic E-state index is 12.6. The van der Waals surface area contributed by atoms with Crippen LogP contribution in [0.15, 0.2) is 0 Å². The lowest BCUT2D eigenvalue weighted by atomic mass is 9.60. The summed E-state index contributed by atoms with van der Waals surface area (Å²) in [5, 5.41) is 0. The molecule has 2 fully saturated rings. The van der Waals surface area contributed by atoms with Crippen LogP contribution in [0.3, 0.4) is 0 Å². The summed E-state index contributed by atoms with van der Waals surface area (Å²) in [4.78, 5) is 50.2. The van der Waals surface area contributed by atoms with E-state index in [1.165, 1.54) is 0 Å². The number of ketones is 4. The van der Waals surface area contributed by atoms with Crippen LogP contribution in [0.2, 0.25) is 0 Å². The average Bonchev–Trinajstić information content (AvgIpc) is 2.31. The summed E-state index contributed by atoms with van der Waals surface area (Å²) in [5.41, 5.74) is -0.628. The van der Waals surface area contributed by atoms with E-state index in [1.54, 1.807) is 0 Å². The van der Waals surface area contributed by atoms with Gasteiger partial charge in [-0.3, -0.25) is 19.2 Å². The van der Waals surface area contributed by atoms with Gasteiger partial charge in [0.05, 0.1) is 11.8 Å². The third-order valence-electron chi connectivity index (χ3n) is 5.33. The SMILES string of the molecule is CCC(C1C(=O)CC(C)(C)CC1=O)C1C(=O)CC(C)(C)CC1=O. The van der Waals surface area contributed by atoms with E-state index < -0.39 is 17.8 Å². The zero-order valence-electron chi connectivity index (χ0n) is 14.9. The first-order chi connectivity index (χ1) is 10.5. The smallest absolute Gasteiger partial charge is 0.144 e. The highest BCUT2D eigenvalue weighted by atomic mass is 16.2. The summed E-state index contributed by atoms with van der Waals surface area (Å²) in [7, 11) is 0. The Bertz CT molecular complexity index is 468. The lowest BCUT2D eigenvalue weighted by Gasteiger charge is -2.40. The molecule has 0 bridgehead atoms. The van der Waals surface area contributed by atoms with E-state index in [9.17, 15) is 19.2 Å². The van der Waals surface area contributed by atoms with E-state index in [4.69, 9.17) is 0 Å². The predicted molar refractivity (Wildman–Crippen MR) is 86.8 cm³/mol. The second-order valence-electron chi connectivity index (χ2n) is 8.93. The first kappa shape index (κ1) is 18.0. The second-order valence-corrected chi connectivity index (χ2v) is 8.93. The molecular formula is C19H28O4. The first-order valence-corrected chi connectivity index (χ1v) is 8.58. The Kier molecular flexibility index (Phi) is 4.67. The molecule has 0 N–H and O–H groups in total. The van der Waals surface area contributed by atoms with Gasteiger partial charge in [-0.25, -0.2) is 0 Å². The Morgan fingerprint density at radius 1 is 0.739 bits per heavy atom. The van der Waals surface area contributed by atoms with Crippen molar-refractivity contribution < 1.29 is 19.2 Å². The van der Waals surface area contributed by atoms with Crippen LogP contribution in [0.25, 0.3) is 0 Å². The van der Waals surface area contributed by atoms with Crippen molar-refractivity contribution in [2.24, 2.45) is 28.6 Å². The van der Waals surface area contributed by atoms with E-state index in [2.05, 4.69) is 0 Å². The minimum atomic E-state index is -0.771. The molecule has 0 aliphatic heterocycles. The van der Waals surface area contributed by atoms with Crippen molar-refractivity contribution in [1.29, 1.82) is 0 Å². The predicted octanol–water partition coefficient (Wildman–Crippen LogP) is 3.16. The first-order valence-electron chi connectivity index (χ1n) is 8.58. The molecule has 4 heteroatoms. The van der Waals surface area contributed by atoms with Gasteiger partial charge in [-0.15, -0.1) is 0 Å². The molecule has 0 heterocycles. The number of carbonyl (C=O) groups excluding carboxylic acids is 4. The van der Waals surface area contributed by atoms with E-state index in [-0.39, 0.29) is 34.0 Å². The van der Waals surface area contributed by atoms with Crippen LogP contribution in [0, 0.1) is 28.6 Å². The standard InChI is InChI=1S/C19H28O4/c1-6-11(16-12(20)7-18(2,3)8-13(16)21)17-14(22)9-19(4,5)10-15(17)23/h11,16-17H,6-10H2,1-5H3. The van der Waals surface area contributed by atoms with Gasteiger partial charge in [0.2, 0.25) is 0 Å². The second kappa shape index (κ2) is 5.95. The zero-order valence-corrected chi connectivity index (χ0v) is 14.9. The van der Waals surface area contributed by atoms with Crippen LogP contribution < -0.4 is 0 Å². The highest BCUT2D eigenvalue weighted by Gasteiger charge is 2.50. The maximum absolute atomic E-state index is 12.6. The molecule has 0 spiro atoms. The molecule has 2 saturated carbocycles. The molecule has 2 rings (SSSR count). The highest BCUT2D eigenvalue weighted by Crippen LogP contribution is 2.43. The van der Waals surface area contributed by atoms with Gasteiger partial charge in [-0.1, -0.05) is 41.0 Å². The summed E-state index contributed by atoms with van der Waals surface area (Å²) >= 11 is 0. The van der Waals surface area contributed by atoms with Crippen LogP contribution in [0.5, 0.6) is 0 Å². The maximum Gasteiger partial charge on any atom is 0.144 e. The summed E-state index contributed by atoms with van der Waals surface area (Å²) < 4.78 is 0. The molecule has 23 heavy (non-hydrogen) atoms. The van der Waals surface area contributed by atoms with Gasteiger partial charge in [0.15, 0.2) is 0 Å². The van der Waals surface area contributed by atoms with Crippen molar-refractivity contribution in [2.75, 3.05) is 0 Å². The van der Waals surface area contributed by atoms with Crippen LogP contribution >= 0.6 is 0 Å². The largest absolute Gasteiger partial charge is 0.299 e. The third-order valence-corrected chi connectivity index (χ3v) is 5.33. The summed E-state index contributed by atoms with van der Waals surface area (Å²) in [6.07, 6.45) is 1.90. The molecule has 0 aromatic rings. The molecule has 128 valence electrons. The molecule has 0 saturated heterocycles. The van der Waals surface area contributed by atoms with Gasteiger partial charge >= 0.3 is 0 Å². The summed E-state index contributed by atoms with van der Waals surface area (Å²) in [6.45, 7) is 9.53. The minimum Gasteiger partial charge on any atom is -0.299 e. The molecule has 0 radical (unpaired) electrons. The monoisotopic (exact) mass is 320 g/mol. The molecule has 2 aliphatic rings. The van der Waals surface area contributed by atoms with Crippen molar-refractivity contribution in [1.82, 2.24) is 0 Å². The summed E-state index contributed by atoms with van der Waals surface area (Å²) in [5.74, 6) is -2.37. The van der Waals surface area contributed by atoms with Crippen molar-refractivity contribution in [2.45, 2.75) is 66.7 Å². The van der Waals surface area contributed by atoms with Gasteiger partial charge in [0, 0.05) is 25.7 Å². The molecule has 0 amide bonds. The van der Waals surface area contributed by atoms with E-state index in [0.717, 1.165) is 0 Å². The molecule has 0 aromatic carbocycles. The quantitative estimate of drug-likeness (QED) is 0.749. The van der Waals surface area contributed by atoms with Gasteiger partial charge in [-0.05, 0) is 16.7 Å². The highest BCUT2D eigenvalue weighted by molar-refractivity contribution is 6.09. The normalized spacial score (nSPS) is 26.2. The molecule has 0 atom stereocenters. The fraction of sp³-hybridized carbons (Fsp3) is 0.789. The molecule has 0 unspecified atom stereocenters. The van der Waals surface area contributed by atoms with Crippen molar-refractivity contribution >= 4 is 23.1 Å². The number of hydrogen-bond donors (Lipinski definition) is 0. The van der Waals surface area contributed by atoms with Crippen molar-refractivity contribution in [3.8, 4) is 0 Å². The Balaban J connectivity index is 2.29. The van der Waals surface area contributed by atoms with E-state index >= 15 is 0 Å². The Morgan fingerprint density at radius 2 is 1.00 bits per heavy atom. The Morgan fingerprint density at radius 3 is 1.22 bits per heavy atom. The minimum absolute atomic E-state index is 0.0940. The topological polar surface area (TPSA) is 68.3 Å². The number of Topliss-reactive ketones (excluding diaryl/α,β-unsaturated/α-hetero) is 4. The van der Waals surface area contributed by atoms with Gasteiger partial charge in [0.25, 0.3) is 0 Å². The van der Waals surface area contributed by atoms with Gasteiger partial charge < -0.3 is 0 Å². The lowest BCUT2D eigenvalue weighted by molar-refractivity contribution is -0.148. The third kappa shape index (κ3) is 3.61. The summed E-state index contributed by atoms with van der Waals surface area (Å²) in [6, 6.07) is 0. The molecule has 0 aromatic heterocycles. The zero-order chi connectivity index (χ0) is 17.6. The van der Waals surface area contributed by atoms with E-state index in [0.29, 0.717) is 32.1 Å². The van der Waals surface area contributed by atoms with Gasteiger partial charge in [0.1, 0.15) is 23.1 Å². The fourth-order valence-electron chi connectivity index (χ4n) is 4.43. The number of rotatable bonds is 3. The molecule has 2 aliphatic carbocycles. The van der Waals surface area contributed by atoms with Crippen LogP contribution in [-0.4, -0.2) is 23.1 Å². The van der Waals surface area contributed by atoms with Crippen molar-refractivity contribution in [3.05, 3.63) is 0 Å². The van der Waals surface area contributed by atoms with E-state index in [1.807, 2.05) is 34.6 Å². The van der Waals surface area contributed by atoms with Gasteiger partial charge in [-0.2, -0.15) is 0 Å². The number of hydrogen-bond acceptors (Lipinski definition) is 4. The molecule has 4 nitrogen and oxygen atoms in total. The number of carbonyl (C=O) groups is 4. The van der Waals surface area contributed by atoms with Crippen LogP contribution in [-0.2, 0) is 19.2 Å². The molecular weight excluding hydrogens is 292 g/mol.